The number of carbonyl (C=O) groups is 1. The van der Waals surface area contributed by atoms with Gasteiger partial charge < -0.3 is 19.9 Å². The van der Waals surface area contributed by atoms with Gasteiger partial charge in [-0.05, 0) is 37.7 Å². The van der Waals surface area contributed by atoms with Gasteiger partial charge in [0.2, 0.25) is 0 Å². The second-order valence-electron chi connectivity index (χ2n) is 6.53. The Morgan fingerprint density at radius 3 is 2.50 bits per heavy atom. The number of likely N-dealkylation sites (N-methyl/N-ethyl adjacent to an activating group) is 1. The molecule has 1 N–H and O–H groups in total. The Balaban J connectivity index is 1.69. The van der Waals surface area contributed by atoms with Gasteiger partial charge in [0, 0.05) is 38.4 Å². The number of carbonyl (C=O) groups excluding carboxylic acids is 1. The molecule has 5 nitrogen and oxygen atoms in total. The topological polar surface area (TPSA) is 44.8 Å². The van der Waals surface area contributed by atoms with Gasteiger partial charge in [-0.15, -0.1) is 0 Å². The van der Waals surface area contributed by atoms with Crippen LogP contribution >= 0.6 is 0 Å². The van der Waals surface area contributed by atoms with Gasteiger partial charge in [-0.3, -0.25) is 4.79 Å². The molecule has 26 heavy (non-hydrogen) atoms. The molecule has 1 aliphatic rings. The van der Waals surface area contributed by atoms with E-state index < -0.39 is 0 Å². The fourth-order valence-corrected chi connectivity index (χ4v) is 3.22. The number of anilines is 1. The van der Waals surface area contributed by atoms with E-state index in [1.54, 1.807) is 6.07 Å². The van der Waals surface area contributed by atoms with Gasteiger partial charge in [0.15, 0.2) is 0 Å². The van der Waals surface area contributed by atoms with Gasteiger partial charge in [-0.1, -0.05) is 30.3 Å². The first-order valence-corrected chi connectivity index (χ1v) is 9.20. The molecule has 0 aromatic heterocycles. The van der Waals surface area contributed by atoms with Crippen LogP contribution in [0.5, 0.6) is 5.75 Å². The molecular formula is C21H27N3O2. The number of amides is 1. The van der Waals surface area contributed by atoms with E-state index in [0.717, 1.165) is 31.7 Å². The lowest BCUT2D eigenvalue weighted by atomic mass is 10.1. The van der Waals surface area contributed by atoms with Crippen molar-refractivity contribution in [2.24, 2.45) is 0 Å². The largest absolute Gasteiger partial charge is 0.493 e. The molecule has 0 radical (unpaired) electrons. The first kappa shape index (κ1) is 18.3. The van der Waals surface area contributed by atoms with Crippen LogP contribution in [0, 0.1) is 0 Å². The number of hydrogen-bond donors (Lipinski definition) is 1. The van der Waals surface area contributed by atoms with Gasteiger partial charge in [-0.25, -0.2) is 0 Å². The highest BCUT2D eigenvalue weighted by molar-refractivity contribution is 5.96. The van der Waals surface area contributed by atoms with E-state index in [4.69, 9.17) is 4.74 Å². The second kappa shape index (κ2) is 8.72. The molecule has 1 amide bonds. The third kappa shape index (κ3) is 4.35. The predicted molar refractivity (Wildman–Crippen MR) is 105 cm³/mol. The highest BCUT2D eigenvalue weighted by Gasteiger charge is 2.17. The summed E-state index contributed by atoms with van der Waals surface area (Å²) in [6.07, 6.45) is 0. The molecule has 138 valence electrons. The Kier molecular flexibility index (Phi) is 6.12. The molecule has 2 aromatic carbocycles. The molecule has 0 atom stereocenters. The molecule has 3 rings (SSSR count). The summed E-state index contributed by atoms with van der Waals surface area (Å²) in [5, 5.41) is 3.05. The van der Waals surface area contributed by atoms with Crippen LogP contribution in [0.4, 0.5) is 5.69 Å². The van der Waals surface area contributed by atoms with Crippen LogP contribution in [0.15, 0.2) is 48.5 Å². The van der Waals surface area contributed by atoms with Crippen molar-refractivity contribution in [2.75, 3.05) is 44.7 Å². The minimum absolute atomic E-state index is 0.109. The first-order chi connectivity index (χ1) is 12.7. The standard InChI is InChI=1S/C21H27N3O2/c1-3-26-20-11-7-5-9-18(20)21(25)22-16-17-8-4-6-10-19(17)24-14-12-23(2)13-15-24/h4-11H,3,12-16H2,1-2H3,(H,22,25). The third-order valence-electron chi connectivity index (χ3n) is 4.71. The number of piperazine rings is 1. The Labute approximate surface area is 155 Å². The van der Waals surface area contributed by atoms with Crippen LogP contribution in [0.1, 0.15) is 22.8 Å². The Morgan fingerprint density at radius 1 is 1.04 bits per heavy atom. The highest BCUT2D eigenvalue weighted by Crippen LogP contribution is 2.22. The summed E-state index contributed by atoms with van der Waals surface area (Å²) in [6, 6.07) is 15.7. The number of ether oxygens (including phenoxy) is 1. The van der Waals surface area contributed by atoms with Crippen molar-refractivity contribution in [1.29, 1.82) is 0 Å². The lowest BCUT2D eigenvalue weighted by molar-refractivity contribution is 0.0947. The maximum absolute atomic E-state index is 12.6. The van der Waals surface area contributed by atoms with E-state index in [-0.39, 0.29) is 5.91 Å². The van der Waals surface area contributed by atoms with Crippen molar-refractivity contribution in [3.05, 3.63) is 59.7 Å². The Morgan fingerprint density at radius 2 is 1.73 bits per heavy atom. The maximum Gasteiger partial charge on any atom is 0.255 e. The summed E-state index contributed by atoms with van der Waals surface area (Å²) in [5.41, 5.74) is 2.92. The van der Waals surface area contributed by atoms with E-state index in [1.165, 1.54) is 5.69 Å². The van der Waals surface area contributed by atoms with Crippen molar-refractivity contribution in [3.8, 4) is 5.75 Å². The summed E-state index contributed by atoms with van der Waals surface area (Å²) < 4.78 is 5.57. The second-order valence-corrected chi connectivity index (χ2v) is 6.53. The predicted octanol–water partition coefficient (Wildman–Crippen LogP) is 2.77. The van der Waals surface area contributed by atoms with Crippen LogP contribution < -0.4 is 15.0 Å². The normalized spacial score (nSPS) is 14.9. The molecule has 0 unspecified atom stereocenters. The number of para-hydroxylation sites is 2. The molecule has 1 fully saturated rings. The monoisotopic (exact) mass is 353 g/mol. The number of hydrogen-bond acceptors (Lipinski definition) is 4. The SMILES string of the molecule is CCOc1ccccc1C(=O)NCc1ccccc1N1CCN(C)CC1. The smallest absolute Gasteiger partial charge is 0.255 e. The number of nitrogens with zero attached hydrogens (tertiary/aromatic N) is 2. The van der Waals surface area contributed by atoms with Crippen LogP contribution in [0.3, 0.4) is 0 Å². The minimum Gasteiger partial charge on any atom is -0.493 e. The Hall–Kier alpha value is -2.53. The van der Waals surface area contributed by atoms with Crippen LogP contribution in [-0.4, -0.2) is 50.6 Å². The average molecular weight is 353 g/mol. The summed E-state index contributed by atoms with van der Waals surface area (Å²) in [6.45, 7) is 7.09. The third-order valence-corrected chi connectivity index (χ3v) is 4.71. The molecule has 1 aliphatic heterocycles. The van der Waals surface area contributed by atoms with Crippen molar-refractivity contribution >= 4 is 11.6 Å². The average Bonchev–Trinajstić information content (AvgIpc) is 2.68. The summed E-state index contributed by atoms with van der Waals surface area (Å²) in [5.74, 6) is 0.516. The zero-order valence-electron chi connectivity index (χ0n) is 15.6. The van der Waals surface area contributed by atoms with Crippen LogP contribution in [0.25, 0.3) is 0 Å². The summed E-state index contributed by atoms with van der Waals surface area (Å²) in [4.78, 5) is 17.4. The van der Waals surface area contributed by atoms with Gasteiger partial charge in [0.25, 0.3) is 5.91 Å². The van der Waals surface area contributed by atoms with E-state index in [9.17, 15) is 4.79 Å². The number of nitrogens with one attached hydrogen (secondary N) is 1. The highest BCUT2D eigenvalue weighted by atomic mass is 16.5. The van der Waals surface area contributed by atoms with E-state index >= 15 is 0 Å². The molecule has 0 saturated carbocycles. The minimum atomic E-state index is -0.109. The van der Waals surface area contributed by atoms with Crippen molar-refractivity contribution < 1.29 is 9.53 Å². The fraction of sp³-hybridized carbons (Fsp3) is 0.381. The summed E-state index contributed by atoms with van der Waals surface area (Å²) in [7, 11) is 2.15. The molecule has 0 bridgehead atoms. The van der Waals surface area contributed by atoms with Crippen LogP contribution in [-0.2, 0) is 6.54 Å². The van der Waals surface area contributed by atoms with E-state index in [1.807, 2.05) is 31.2 Å². The molecule has 5 heteroatoms. The quantitative estimate of drug-likeness (QED) is 0.867. The molecular weight excluding hydrogens is 326 g/mol. The maximum atomic E-state index is 12.6. The molecule has 1 heterocycles. The zero-order valence-corrected chi connectivity index (χ0v) is 15.6. The first-order valence-electron chi connectivity index (χ1n) is 9.20. The van der Waals surface area contributed by atoms with E-state index in [2.05, 4.69) is 40.4 Å². The van der Waals surface area contributed by atoms with Crippen molar-refractivity contribution in [2.45, 2.75) is 13.5 Å². The summed E-state index contributed by atoms with van der Waals surface area (Å²) >= 11 is 0. The van der Waals surface area contributed by atoms with E-state index in [0.29, 0.717) is 24.5 Å². The van der Waals surface area contributed by atoms with Gasteiger partial charge in [0.05, 0.1) is 12.2 Å². The van der Waals surface area contributed by atoms with Gasteiger partial charge >= 0.3 is 0 Å². The molecule has 2 aromatic rings. The number of benzene rings is 2. The van der Waals surface area contributed by atoms with Crippen molar-refractivity contribution in [3.63, 3.8) is 0 Å². The Bertz CT molecular complexity index is 740. The zero-order chi connectivity index (χ0) is 18.4. The van der Waals surface area contributed by atoms with Gasteiger partial charge in [-0.2, -0.15) is 0 Å². The molecule has 1 saturated heterocycles. The lowest BCUT2D eigenvalue weighted by Gasteiger charge is -2.35. The number of rotatable bonds is 6. The fourth-order valence-electron chi connectivity index (χ4n) is 3.22. The molecule has 0 spiro atoms. The van der Waals surface area contributed by atoms with Gasteiger partial charge in [0.1, 0.15) is 5.75 Å². The molecule has 0 aliphatic carbocycles. The lowest BCUT2D eigenvalue weighted by Crippen LogP contribution is -2.45. The van der Waals surface area contributed by atoms with Crippen molar-refractivity contribution in [1.82, 2.24) is 10.2 Å². The van der Waals surface area contributed by atoms with Crippen LogP contribution in [0.2, 0.25) is 0 Å².